The Morgan fingerprint density at radius 3 is 2.59 bits per heavy atom. The number of thioether (sulfide) groups is 1. The highest BCUT2D eigenvalue weighted by Gasteiger charge is 2.28. The lowest BCUT2D eigenvalue weighted by Crippen LogP contribution is -2.43. The first kappa shape index (κ1) is 12.8. The Kier molecular flexibility index (Phi) is 4.01. The van der Waals surface area contributed by atoms with Gasteiger partial charge in [-0.2, -0.15) is 11.8 Å². The molecule has 2 rings (SSSR count). The third-order valence-electron chi connectivity index (χ3n) is 3.03. The van der Waals surface area contributed by atoms with Crippen molar-refractivity contribution in [1.82, 2.24) is 4.90 Å². The lowest BCUT2D eigenvalue weighted by Gasteiger charge is -2.35. The SMILES string of the molecule is CN1CCSCC1C(O)c1cc(F)cc(F)c1. The van der Waals surface area contributed by atoms with Gasteiger partial charge in [-0.1, -0.05) is 0 Å². The number of halogens is 2. The van der Waals surface area contributed by atoms with Gasteiger partial charge < -0.3 is 5.11 Å². The monoisotopic (exact) mass is 259 g/mol. The number of rotatable bonds is 2. The Morgan fingerprint density at radius 1 is 1.35 bits per heavy atom. The third-order valence-corrected chi connectivity index (χ3v) is 4.08. The molecule has 1 saturated heterocycles. The van der Waals surface area contributed by atoms with E-state index in [2.05, 4.69) is 0 Å². The number of hydrogen-bond acceptors (Lipinski definition) is 3. The van der Waals surface area contributed by atoms with Gasteiger partial charge in [0, 0.05) is 30.2 Å². The van der Waals surface area contributed by atoms with Crippen LogP contribution < -0.4 is 0 Å². The van der Waals surface area contributed by atoms with E-state index < -0.39 is 17.7 Å². The molecule has 2 unspecified atom stereocenters. The average molecular weight is 259 g/mol. The molecule has 1 aromatic rings. The summed E-state index contributed by atoms with van der Waals surface area (Å²) >= 11 is 1.75. The van der Waals surface area contributed by atoms with Crippen LogP contribution in [-0.2, 0) is 0 Å². The fraction of sp³-hybridized carbons (Fsp3) is 0.500. The topological polar surface area (TPSA) is 23.5 Å². The molecule has 5 heteroatoms. The smallest absolute Gasteiger partial charge is 0.126 e. The quantitative estimate of drug-likeness (QED) is 0.879. The minimum atomic E-state index is -0.849. The van der Waals surface area contributed by atoms with E-state index in [1.165, 1.54) is 12.1 Å². The van der Waals surface area contributed by atoms with E-state index >= 15 is 0 Å². The molecule has 0 amide bonds. The molecule has 1 aliphatic rings. The molecule has 1 N–H and O–H groups in total. The van der Waals surface area contributed by atoms with Crippen molar-refractivity contribution in [2.24, 2.45) is 0 Å². The van der Waals surface area contributed by atoms with Gasteiger partial charge in [0.25, 0.3) is 0 Å². The molecular weight excluding hydrogens is 244 g/mol. The molecular formula is C12H15F2NOS. The largest absolute Gasteiger partial charge is 0.387 e. The van der Waals surface area contributed by atoms with Gasteiger partial charge in [0.15, 0.2) is 0 Å². The van der Waals surface area contributed by atoms with Crippen LogP contribution in [0.1, 0.15) is 11.7 Å². The summed E-state index contributed by atoms with van der Waals surface area (Å²) in [5.41, 5.74) is 0.307. The van der Waals surface area contributed by atoms with Crippen molar-refractivity contribution in [3.63, 3.8) is 0 Å². The van der Waals surface area contributed by atoms with Crippen LogP contribution >= 0.6 is 11.8 Å². The van der Waals surface area contributed by atoms with Gasteiger partial charge in [0.1, 0.15) is 11.6 Å². The van der Waals surface area contributed by atoms with E-state index in [4.69, 9.17) is 0 Å². The van der Waals surface area contributed by atoms with Crippen molar-refractivity contribution in [2.75, 3.05) is 25.1 Å². The van der Waals surface area contributed by atoms with Crippen molar-refractivity contribution in [2.45, 2.75) is 12.1 Å². The summed E-state index contributed by atoms with van der Waals surface area (Å²) in [7, 11) is 1.92. The molecule has 94 valence electrons. The molecule has 17 heavy (non-hydrogen) atoms. The Morgan fingerprint density at radius 2 is 2.00 bits per heavy atom. The van der Waals surface area contributed by atoms with Crippen LogP contribution in [0.15, 0.2) is 18.2 Å². The fourth-order valence-electron chi connectivity index (χ4n) is 2.01. The number of nitrogens with zero attached hydrogens (tertiary/aromatic N) is 1. The minimum absolute atomic E-state index is 0.0880. The van der Waals surface area contributed by atoms with Crippen LogP contribution in [0.4, 0.5) is 8.78 Å². The van der Waals surface area contributed by atoms with Gasteiger partial charge in [0.05, 0.1) is 6.10 Å². The van der Waals surface area contributed by atoms with Crippen molar-refractivity contribution in [3.8, 4) is 0 Å². The predicted molar refractivity (Wildman–Crippen MR) is 65.1 cm³/mol. The lowest BCUT2D eigenvalue weighted by atomic mass is 10.0. The Hall–Kier alpha value is -0.650. The summed E-state index contributed by atoms with van der Waals surface area (Å²) < 4.78 is 26.2. The molecule has 0 aliphatic carbocycles. The van der Waals surface area contributed by atoms with E-state index in [9.17, 15) is 13.9 Å². The number of likely N-dealkylation sites (N-methyl/N-ethyl adjacent to an activating group) is 1. The van der Waals surface area contributed by atoms with Crippen LogP contribution in [0.25, 0.3) is 0 Å². The summed E-state index contributed by atoms with van der Waals surface area (Å²) in [4.78, 5) is 2.03. The first-order valence-corrected chi connectivity index (χ1v) is 6.65. The van der Waals surface area contributed by atoms with Crippen molar-refractivity contribution in [1.29, 1.82) is 0 Å². The molecule has 1 aliphatic heterocycles. The molecule has 1 heterocycles. The van der Waals surface area contributed by atoms with Gasteiger partial charge >= 0.3 is 0 Å². The van der Waals surface area contributed by atoms with Gasteiger partial charge in [-0.25, -0.2) is 8.78 Å². The molecule has 1 fully saturated rings. The predicted octanol–water partition coefficient (Wildman–Crippen LogP) is 2.05. The molecule has 0 bridgehead atoms. The number of aliphatic hydroxyl groups excluding tert-OH is 1. The van der Waals surface area contributed by atoms with Crippen LogP contribution in [0.3, 0.4) is 0 Å². The van der Waals surface area contributed by atoms with Crippen molar-refractivity contribution < 1.29 is 13.9 Å². The van der Waals surface area contributed by atoms with E-state index in [-0.39, 0.29) is 6.04 Å². The third kappa shape index (κ3) is 2.97. The maximum atomic E-state index is 13.1. The second-order valence-corrected chi connectivity index (χ2v) is 5.42. The zero-order valence-electron chi connectivity index (χ0n) is 9.57. The van der Waals surface area contributed by atoms with Crippen LogP contribution in [0, 0.1) is 11.6 Å². The Balaban J connectivity index is 2.20. The second-order valence-electron chi connectivity index (χ2n) is 4.27. The lowest BCUT2D eigenvalue weighted by molar-refractivity contribution is 0.0754. The van der Waals surface area contributed by atoms with Crippen molar-refractivity contribution in [3.05, 3.63) is 35.4 Å². The van der Waals surface area contributed by atoms with E-state index in [0.717, 1.165) is 24.1 Å². The first-order valence-electron chi connectivity index (χ1n) is 5.50. The molecule has 1 aromatic carbocycles. The summed E-state index contributed by atoms with van der Waals surface area (Å²) in [5, 5.41) is 10.2. The highest BCUT2D eigenvalue weighted by atomic mass is 32.2. The number of hydrogen-bond donors (Lipinski definition) is 1. The van der Waals surface area contributed by atoms with Crippen LogP contribution in [0.2, 0.25) is 0 Å². The Bertz CT molecular complexity index is 382. The molecule has 2 atom stereocenters. The molecule has 0 aromatic heterocycles. The van der Waals surface area contributed by atoms with E-state index in [1.54, 1.807) is 11.8 Å². The van der Waals surface area contributed by atoms with Gasteiger partial charge in [-0.05, 0) is 24.7 Å². The average Bonchev–Trinajstić information content (AvgIpc) is 2.27. The number of benzene rings is 1. The molecule has 0 radical (unpaired) electrons. The van der Waals surface area contributed by atoms with Gasteiger partial charge in [-0.15, -0.1) is 0 Å². The minimum Gasteiger partial charge on any atom is -0.387 e. The first-order chi connectivity index (χ1) is 8.08. The molecule has 0 saturated carbocycles. The summed E-state index contributed by atoms with van der Waals surface area (Å²) in [5.74, 6) is 0.503. The summed E-state index contributed by atoms with van der Waals surface area (Å²) in [6.07, 6.45) is -0.849. The Labute approximate surface area is 104 Å². The maximum absolute atomic E-state index is 13.1. The van der Waals surface area contributed by atoms with Crippen LogP contribution in [-0.4, -0.2) is 41.1 Å². The standard InChI is InChI=1S/C12H15F2NOS/c1-15-2-3-17-7-11(15)12(16)8-4-9(13)6-10(14)5-8/h4-6,11-12,16H,2-3,7H2,1H3. The highest BCUT2D eigenvalue weighted by molar-refractivity contribution is 7.99. The zero-order chi connectivity index (χ0) is 12.4. The van der Waals surface area contributed by atoms with E-state index in [0.29, 0.717) is 5.56 Å². The highest BCUT2D eigenvalue weighted by Crippen LogP contribution is 2.27. The van der Waals surface area contributed by atoms with Crippen LogP contribution in [0.5, 0.6) is 0 Å². The van der Waals surface area contributed by atoms with Gasteiger partial charge in [-0.3, -0.25) is 4.90 Å². The summed E-state index contributed by atoms with van der Waals surface area (Å²) in [6.45, 7) is 0.879. The van der Waals surface area contributed by atoms with E-state index in [1.807, 2.05) is 11.9 Å². The molecule has 0 spiro atoms. The number of aliphatic hydroxyl groups is 1. The zero-order valence-corrected chi connectivity index (χ0v) is 10.4. The summed E-state index contributed by atoms with van der Waals surface area (Å²) in [6, 6.07) is 3.12. The van der Waals surface area contributed by atoms with Gasteiger partial charge in [0.2, 0.25) is 0 Å². The fourth-order valence-corrected chi connectivity index (χ4v) is 3.27. The van der Waals surface area contributed by atoms with Crippen molar-refractivity contribution >= 4 is 11.8 Å². The molecule has 2 nitrogen and oxygen atoms in total. The second kappa shape index (κ2) is 5.33. The normalized spacial score (nSPS) is 23.6. The maximum Gasteiger partial charge on any atom is 0.126 e.